The fourth-order valence-electron chi connectivity index (χ4n) is 2.77. The van der Waals surface area contributed by atoms with Crippen molar-refractivity contribution in [1.29, 1.82) is 10.5 Å². The van der Waals surface area contributed by atoms with Crippen LogP contribution in [0.25, 0.3) is 0 Å². The zero-order chi connectivity index (χ0) is 15.0. The first-order valence-electron chi connectivity index (χ1n) is 6.30. The number of carbonyl (C=O) groups is 1. The lowest BCUT2D eigenvalue weighted by molar-refractivity contribution is 0.0962. The van der Waals surface area contributed by atoms with Gasteiger partial charge in [-0.3, -0.25) is 4.79 Å². The molecule has 0 aliphatic heterocycles. The van der Waals surface area contributed by atoms with Crippen LogP contribution in [0.3, 0.4) is 0 Å². The Kier molecular flexibility index (Phi) is 3.29. The molecule has 1 aliphatic carbocycles. The lowest BCUT2D eigenvalue weighted by Gasteiger charge is -2.02. The standard InChI is InChI=1S/C16H9ClN2OS/c17-11-5-2-1-4-10(11)13-14(16(13,8-18)9-19)15(20)12-6-3-7-21-12/h1-7,13-14H/t13-,14+/m0/s1. The highest BCUT2D eigenvalue weighted by Crippen LogP contribution is 2.66. The van der Waals surface area contributed by atoms with E-state index < -0.39 is 17.3 Å². The highest BCUT2D eigenvalue weighted by Gasteiger charge is 2.71. The summed E-state index contributed by atoms with van der Waals surface area (Å²) < 4.78 is 0. The van der Waals surface area contributed by atoms with Gasteiger partial charge in [0.05, 0.1) is 22.9 Å². The number of halogens is 1. The molecule has 0 spiro atoms. The van der Waals surface area contributed by atoms with Crippen molar-refractivity contribution in [2.45, 2.75) is 5.92 Å². The largest absolute Gasteiger partial charge is 0.293 e. The molecule has 1 aromatic heterocycles. The first-order valence-corrected chi connectivity index (χ1v) is 7.56. The molecule has 1 aromatic carbocycles. The van der Waals surface area contributed by atoms with Gasteiger partial charge < -0.3 is 0 Å². The molecule has 0 unspecified atom stereocenters. The zero-order valence-electron chi connectivity index (χ0n) is 10.8. The van der Waals surface area contributed by atoms with Crippen molar-refractivity contribution < 1.29 is 4.79 Å². The van der Waals surface area contributed by atoms with Gasteiger partial charge in [0.15, 0.2) is 11.2 Å². The zero-order valence-corrected chi connectivity index (χ0v) is 12.4. The topological polar surface area (TPSA) is 64.7 Å². The molecule has 1 saturated carbocycles. The number of hydrogen-bond donors (Lipinski definition) is 0. The molecule has 3 rings (SSSR count). The maximum atomic E-state index is 12.6. The van der Waals surface area contributed by atoms with Crippen LogP contribution in [0, 0.1) is 34.0 Å². The maximum absolute atomic E-state index is 12.6. The maximum Gasteiger partial charge on any atom is 0.179 e. The van der Waals surface area contributed by atoms with Crippen LogP contribution >= 0.6 is 22.9 Å². The van der Waals surface area contributed by atoms with Crippen LogP contribution in [-0.4, -0.2) is 5.78 Å². The molecule has 2 atom stereocenters. The molecule has 0 N–H and O–H groups in total. The van der Waals surface area contributed by atoms with Crippen molar-refractivity contribution in [2.24, 2.45) is 11.3 Å². The summed E-state index contributed by atoms with van der Waals surface area (Å²) in [6.07, 6.45) is 0. The van der Waals surface area contributed by atoms with Crippen LogP contribution in [0.1, 0.15) is 21.2 Å². The number of nitriles is 2. The van der Waals surface area contributed by atoms with Crippen molar-refractivity contribution in [3.05, 3.63) is 57.2 Å². The summed E-state index contributed by atoms with van der Waals surface area (Å²) in [7, 11) is 0. The first kappa shape index (κ1) is 13.8. The SMILES string of the molecule is N#CC1(C#N)[C@@H](C(=O)c2cccs2)[C@@H]1c1ccccc1Cl. The molecule has 3 nitrogen and oxygen atoms in total. The average Bonchev–Trinajstić information content (AvgIpc) is 2.86. The molecule has 1 heterocycles. The Bertz CT molecular complexity index is 771. The van der Waals surface area contributed by atoms with Gasteiger partial charge in [0.2, 0.25) is 0 Å². The lowest BCUT2D eigenvalue weighted by atomic mass is 10.0. The molecule has 0 saturated heterocycles. The minimum atomic E-state index is -1.31. The number of carbonyl (C=O) groups excluding carboxylic acids is 1. The Hall–Kier alpha value is -2.14. The number of Topliss-reactive ketones (excluding diaryl/α,β-unsaturated/α-hetero) is 1. The molecule has 2 aromatic rings. The van der Waals surface area contributed by atoms with Gasteiger partial charge in [-0.05, 0) is 23.1 Å². The fourth-order valence-corrected chi connectivity index (χ4v) is 3.73. The molecule has 1 fully saturated rings. The molecule has 21 heavy (non-hydrogen) atoms. The van der Waals surface area contributed by atoms with Gasteiger partial charge in [0.1, 0.15) is 0 Å². The fraction of sp³-hybridized carbons (Fsp3) is 0.188. The van der Waals surface area contributed by atoms with E-state index >= 15 is 0 Å². The summed E-state index contributed by atoms with van der Waals surface area (Å²) in [6.45, 7) is 0. The average molecular weight is 313 g/mol. The highest BCUT2D eigenvalue weighted by molar-refractivity contribution is 7.12. The molecule has 0 amide bonds. The van der Waals surface area contributed by atoms with Crippen molar-refractivity contribution in [3.8, 4) is 12.1 Å². The monoisotopic (exact) mass is 312 g/mol. The number of rotatable bonds is 3. The van der Waals surface area contributed by atoms with Crippen molar-refractivity contribution >= 4 is 28.7 Å². The number of hydrogen-bond acceptors (Lipinski definition) is 4. The van der Waals surface area contributed by atoms with E-state index in [1.165, 1.54) is 11.3 Å². The van der Waals surface area contributed by atoms with Gasteiger partial charge in [0.25, 0.3) is 0 Å². The van der Waals surface area contributed by atoms with Gasteiger partial charge in [-0.15, -0.1) is 11.3 Å². The normalized spacial score (nSPS) is 22.0. The second kappa shape index (κ2) is 5.00. The van der Waals surface area contributed by atoms with Gasteiger partial charge in [-0.25, -0.2) is 0 Å². The number of nitrogens with zero attached hydrogens (tertiary/aromatic N) is 2. The molecule has 0 radical (unpaired) electrons. The first-order chi connectivity index (χ1) is 10.2. The highest BCUT2D eigenvalue weighted by atomic mass is 35.5. The van der Waals surface area contributed by atoms with E-state index in [2.05, 4.69) is 0 Å². The lowest BCUT2D eigenvalue weighted by Crippen LogP contribution is -2.06. The predicted octanol–water partition coefficient (Wildman–Crippen LogP) is 4.03. The van der Waals surface area contributed by atoms with E-state index in [-0.39, 0.29) is 5.78 Å². The van der Waals surface area contributed by atoms with Crippen LogP contribution in [0.2, 0.25) is 5.02 Å². The number of thiophene rings is 1. The summed E-state index contributed by atoms with van der Waals surface area (Å²) in [5.74, 6) is -1.26. The smallest absolute Gasteiger partial charge is 0.179 e. The molecular formula is C16H9ClN2OS. The van der Waals surface area contributed by atoms with Crippen LogP contribution in [0.5, 0.6) is 0 Å². The summed E-state index contributed by atoms with van der Waals surface area (Å²) in [6, 6.07) is 14.6. The summed E-state index contributed by atoms with van der Waals surface area (Å²) in [4.78, 5) is 13.1. The third-order valence-electron chi connectivity index (χ3n) is 3.86. The van der Waals surface area contributed by atoms with E-state index in [0.29, 0.717) is 15.5 Å². The Labute approximate surface area is 131 Å². The van der Waals surface area contributed by atoms with Crippen molar-refractivity contribution in [3.63, 3.8) is 0 Å². The third-order valence-corrected chi connectivity index (χ3v) is 5.09. The van der Waals surface area contributed by atoms with E-state index in [4.69, 9.17) is 11.6 Å². The van der Waals surface area contributed by atoms with Crippen LogP contribution in [0.4, 0.5) is 0 Å². The van der Waals surface area contributed by atoms with Crippen LogP contribution < -0.4 is 0 Å². The Morgan fingerprint density at radius 1 is 1.19 bits per heavy atom. The van der Waals surface area contributed by atoms with Gasteiger partial charge >= 0.3 is 0 Å². The minimum absolute atomic E-state index is 0.155. The predicted molar refractivity (Wildman–Crippen MR) is 80.0 cm³/mol. The number of benzene rings is 1. The van der Waals surface area contributed by atoms with E-state index in [1.807, 2.05) is 12.1 Å². The van der Waals surface area contributed by atoms with Crippen LogP contribution in [0.15, 0.2) is 41.8 Å². The number of ketones is 1. The Morgan fingerprint density at radius 2 is 1.90 bits per heavy atom. The molecule has 102 valence electrons. The Balaban J connectivity index is 2.05. The quantitative estimate of drug-likeness (QED) is 0.804. The third kappa shape index (κ3) is 1.96. The van der Waals surface area contributed by atoms with Crippen LogP contribution in [-0.2, 0) is 0 Å². The van der Waals surface area contributed by atoms with Gasteiger partial charge in [-0.1, -0.05) is 35.9 Å². The van der Waals surface area contributed by atoms with Gasteiger partial charge in [-0.2, -0.15) is 10.5 Å². The van der Waals surface area contributed by atoms with Crippen molar-refractivity contribution in [2.75, 3.05) is 0 Å². The summed E-state index contributed by atoms with van der Waals surface area (Å²) >= 11 is 7.49. The van der Waals surface area contributed by atoms with Gasteiger partial charge in [0, 0.05) is 10.9 Å². The summed E-state index contributed by atoms with van der Waals surface area (Å²) in [5, 5.41) is 21.2. The summed E-state index contributed by atoms with van der Waals surface area (Å²) in [5.41, 5.74) is -0.622. The molecule has 1 aliphatic rings. The van der Waals surface area contributed by atoms with E-state index in [9.17, 15) is 15.3 Å². The second-order valence-electron chi connectivity index (χ2n) is 4.91. The minimum Gasteiger partial charge on any atom is -0.293 e. The van der Waals surface area contributed by atoms with E-state index in [1.54, 1.807) is 41.8 Å². The molecule has 5 heteroatoms. The second-order valence-corrected chi connectivity index (χ2v) is 6.27. The molecular weight excluding hydrogens is 304 g/mol. The Morgan fingerprint density at radius 3 is 2.48 bits per heavy atom. The van der Waals surface area contributed by atoms with Crippen molar-refractivity contribution in [1.82, 2.24) is 0 Å². The molecule has 0 bridgehead atoms. The van der Waals surface area contributed by atoms with E-state index in [0.717, 1.165) is 0 Å².